The van der Waals surface area contributed by atoms with E-state index in [0.29, 0.717) is 16.3 Å². The van der Waals surface area contributed by atoms with Crippen LogP contribution in [0.3, 0.4) is 0 Å². The maximum absolute atomic E-state index is 12.6. The Morgan fingerprint density at radius 2 is 2.30 bits per heavy atom. The highest BCUT2D eigenvalue weighted by atomic mass is 32.1. The lowest BCUT2D eigenvalue weighted by molar-refractivity contribution is -0.385. The van der Waals surface area contributed by atoms with Gasteiger partial charge in [0.1, 0.15) is 0 Å². The van der Waals surface area contributed by atoms with Gasteiger partial charge in [-0.15, -0.1) is 11.3 Å². The van der Waals surface area contributed by atoms with E-state index in [2.05, 4.69) is 0 Å². The molecule has 0 bridgehead atoms. The summed E-state index contributed by atoms with van der Waals surface area (Å²) in [6.45, 7) is 4.24. The molecule has 2 atom stereocenters. The minimum absolute atomic E-state index is 0.0210. The van der Waals surface area contributed by atoms with Crippen molar-refractivity contribution in [3.05, 3.63) is 25.9 Å². The lowest BCUT2D eigenvalue weighted by Gasteiger charge is -2.37. The van der Waals surface area contributed by atoms with Crippen LogP contribution >= 0.6 is 11.3 Å². The van der Waals surface area contributed by atoms with Crippen LogP contribution in [0, 0.1) is 17.0 Å². The molecule has 1 saturated heterocycles. The van der Waals surface area contributed by atoms with Gasteiger partial charge >= 0.3 is 0 Å². The van der Waals surface area contributed by atoms with Crippen molar-refractivity contribution in [3.63, 3.8) is 0 Å². The van der Waals surface area contributed by atoms with Gasteiger partial charge < -0.3 is 10.6 Å². The fourth-order valence-corrected chi connectivity index (χ4v) is 3.60. The quantitative estimate of drug-likeness (QED) is 0.684. The van der Waals surface area contributed by atoms with Crippen molar-refractivity contribution in [2.24, 2.45) is 5.73 Å². The van der Waals surface area contributed by atoms with E-state index in [0.717, 1.165) is 19.3 Å². The Bertz CT molecular complexity index is 527. The summed E-state index contributed by atoms with van der Waals surface area (Å²) in [7, 11) is 0. The maximum atomic E-state index is 12.6. The lowest BCUT2D eigenvalue weighted by Crippen LogP contribution is -2.51. The molecule has 0 aromatic carbocycles. The molecule has 1 aromatic rings. The molecule has 2 heterocycles. The average Bonchev–Trinajstić information content (AvgIpc) is 2.80. The molecule has 1 aromatic heterocycles. The third-order valence-electron chi connectivity index (χ3n) is 3.72. The van der Waals surface area contributed by atoms with E-state index in [9.17, 15) is 14.9 Å². The third kappa shape index (κ3) is 2.83. The minimum Gasteiger partial charge on any atom is -0.333 e. The molecule has 2 unspecified atom stereocenters. The van der Waals surface area contributed by atoms with Crippen molar-refractivity contribution in [2.75, 3.05) is 6.54 Å². The predicted molar refractivity (Wildman–Crippen MR) is 78.0 cm³/mol. The number of hydrogen-bond acceptors (Lipinski definition) is 5. The summed E-state index contributed by atoms with van der Waals surface area (Å²) in [4.78, 5) is 25.8. The number of nitrogens with zero attached hydrogens (tertiary/aromatic N) is 2. The second-order valence-electron chi connectivity index (χ2n) is 5.23. The highest BCUT2D eigenvalue weighted by Gasteiger charge is 2.31. The summed E-state index contributed by atoms with van der Waals surface area (Å²) >= 11 is 1.18. The van der Waals surface area contributed by atoms with Gasteiger partial charge in [0, 0.05) is 24.7 Å². The van der Waals surface area contributed by atoms with E-state index in [4.69, 9.17) is 5.73 Å². The van der Waals surface area contributed by atoms with Crippen LogP contribution in [0.25, 0.3) is 0 Å². The van der Waals surface area contributed by atoms with Crippen LogP contribution in [0.5, 0.6) is 0 Å². The molecule has 2 rings (SSSR count). The van der Waals surface area contributed by atoms with Crippen LogP contribution in [-0.2, 0) is 0 Å². The summed E-state index contributed by atoms with van der Waals surface area (Å²) in [6, 6.07) is 1.32. The molecule has 1 amide bonds. The van der Waals surface area contributed by atoms with Gasteiger partial charge in [-0.2, -0.15) is 0 Å². The van der Waals surface area contributed by atoms with Gasteiger partial charge in [0.05, 0.1) is 14.7 Å². The van der Waals surface area contributed by atoms with E-state index in [1.807, 2.05) is 6.92 Å². The van der Waals surface area contributed by atoms with Crippen LogP contribution in [0.1, 0.15) is 40.7 Å². The monoisotopic (exact) mass is 297 g/mol. The summed E-state index contributed by atoms with van der Waals surface area (Å²) in [6.07, 6.45) is 2.93. The predicted octanol–water partition coefficient (Wildman–Crippen LogP) is 2.31. The first-order chi connectivity index (χ1) is 9.41. The SMILES string of the molecule is Cc1sc(C(=O)N2CCCCC2C(C)N)cc1[N+](=O)[O-]. The number of carbonyl (C=O) groups is 1. The molecule has 1 fully saturated rings. The molecule has 20 heavy (non-hydrogen) atoms. The van der Waals surface area contributed by atoms with Gasteiger partial charge in [-0.1, -0.05) is 0 Å². The standard InChI is InChI=1S/C13H19N3O3S/c1-8(14)10-5-3-4-6-15(10)13(17)12-7-11(16(18)19)9(2)20-12/h7-8,10H,3-6,14H2,1-2H3. The summed E-state index contributed by atoms with van der Waals surface area (Å²) in [5.41, 5.74) is 5.98. The normalized spacial score (nSPS) is 20.8. The van der Waals surface area contributed by atoms with Gasteiger partial charge in [0.15, 0.2) is 0 Å². The van der Waals surface area contributed by atoms with Crippen molar-refractivity contribution in [1.29, 1.82) is 0 Å². The number of hydrogen-bond donors (Lipinski definition) is 1. The number of thiophene rings is 1. The molecule has 6 nitrogen and oxygen atoms in total. The van der Waals surface area contributed by atoms with Crippen molar-refractivity contribution in [2.45, 2.75) is 45.2 Å². The van der Waals surface area contributed by atoms with Gasteiger partial charge in [-0.25, -0.2) is 0 Å². The highest BCUT2D eigenvalue weighted by Crippen LogP contribution is 2.30. The topological polar surface area (TPSA) is 89.5 Å². The van der Waals surface area contributed by atoms with E-state index < -0.39 is 4.92 Å². The average molecular weight is 297 g/mol. The summed E-state index contributed by atoms with van der Waals surface area (Å²) < 4.78 is 0. The summed E-state index contributed by atoms with van der Waals surface area (Å²) in [5, 5.41) is 10.9. The molecule has 1 aliphatic rings. The van der Waals surface area contributed by atoms with Crippen LogP contribution in [0.15, 0.2) is 6.07 Å². The Hall–Kier alpha value is -1.47. The van der Waals surface area contributed by atoms with Gasteiger partial charge in [0.2, 0.25) is 0 Å². The van der Waals surface area contributed by atoms with Crippen molar-refractivity contribution < 1.29 is 9.72 Å². The maximum Gasteiger partial charge on any atom is 0.283 e. The van der Waals surface area contributed by atoms with E-state index in [1.165, 1.54) is 17.4 Å². The number of rotatable bonds is 3. The van der Waals surface area contributed by atoms with Gasteiger partial charge in [-0.05, 0) is 33.1 Å². The molecule has 0 saturated carbocycles. The van der Waals surface area contributed by atoms with Crippen LogP contribution in [-0.4, -0.2) is 34.4 Å². The number of piperidine rings is 1. The minimum atomic E-state index is -0.443. The second kappa shape index (κ2) is 5.88. The lowest BCUT2D eigenvalue weighted by atomic mass is 9.97. The Kier molecular flexibility index (Phi) is 4.39. The molecular formula is C13H19N3O3S. The molecular weight excluding hydrogens is 278 g/mol. The van der Waals surface area contributed by atoms with Crippen molar-refractivity contribution in [1.82, 2.24) is 4.90 Å². The molecule has 7 heteroatoms. The molecule has 1 aliphatic heterocycles. The first-order valence-electron chi connectivity index (χ1n) is 6.73. The molecule has 0 spiro atoms. The Morgan fingerprint density at radius 3 is 2.85 bits per heavy atom. The van der Waals surface area contributed by atoms with E-state index in [1.54, 1.807) is 11.8 Å². The van der Waals surface area contributed by atoms with Gasteiger partial charge in [-0.3, -0.25) is 14.9 Å². The molecule has 0 radical (unpaired) electrons. The Morgan fingerprint density at radius 1 is 1.60 bits per heavy atom. The third-order valence-corrected chi connectivity index (χ3v) is 4.74. The first kappa shape index (κ1) is 14.9. The number of amides is 1. The molecule has 0 aliphatic carbocycles. The molecule has 2 N–H and O–H groups in total. The first-order valence-corrected chi connectivity index (χ1v) is 7.55. The van der Waals surface area contributed by atoms with E-state index in [-0.39, 0.29) is 23.7 Å². The van der Waals surface area contributed by atoms with Crippen molar-refractivity contribution in [3.8, 4) is 0 Å². The van der Waals surface area contributed by atoms with E-state index >= 15 is 0 Å². The number of nitrogens with two attached hydrogens (primary N) is 1. The van der Waals surface area contributed by atoms with Gasteiger partial charge in [0.25, 0.3) is 11.6 Å². The van der Waals surface area contributed by atoms with Crippen LogP contribution in [0.4, 0.5) is 5.69 Å². The summed E-state index contributed by atoms with van der Waals surface area (Å²) in [5.74, 6) is -0.131. The smallest absolute Gasteiger partial charge is 0.283 e. The number of likely N-dealkylation sites (tertiary alicyclic amines) is 1. The van der Waals surface area contributed by atoms with Crippen LogP contribution in [0.2, 0.25) is 0 Å². The highest BCUT2D eigenvalue weighted by molar-refractivity contribution is 7.14. The second-order valence-corrected chi connectivity index (χ2v) is 6.49. The zero-order valence-electron chi connectivity index (χ0n) is 11.7. The van der Waals surface area contributed by atoms with Crippen LogP contribution < -0.4 is 5.73 Å². The Balaban J connectivity index is 2.25. The Labute approximate surface area is 121 Å². The zero-order valence-corrected chi connectivity index (χ0v) is 12.5. The number of carbonyl (C=O) groups excluding carboxylic acids is 1. The number of aryl methyl sites for hydroxylation is 1. The van der Waals surface area contributed by atoms with Crippen molar-refractivity contribution >= 4 is 22.9 Å². The fourth-order valence-electron chi connectivity index (χ4n) is 2.66. The zero-order chi connectivity index (χ0) is 14.9. The largest absolute Gasteiger partial charge is 0.333 e. The fraction of sp³-hybridized carbons (Fsp3) is 0.615. The molecule has 110 valence electrons. The number of nitro groups is 1.